The molecule has 0 atom stereocenters. The number of nitriles is 1. The molecule has 1 aromatic rings. The van der Waals surface area contributed by atoms with Crippen LogP contribution in [0, 0.1) is 17.3 Å². The van der Waals surface area contributed by atoms with E-state index in [0.29, 0.717) is 0 Å². The summed E-state index contributed by atoms with van der Waals surface area (Å²) in [6.07, 6.45) is -3.48. The van der Waals surface area contributed by atoms with E-state index in [0.717, 1.165) is 13.2 Å². The number of alkyl halides is 2. The van der Waals surface area contributed by atoms with Gasteiger partial charge in [-0.05, 0) is 6.07 Å². The molecule has 0 spiro atoms. The van der Waals surface area contributed by atoms with Gasteiger partial charge in [0, 0.05) is 5.56 Å². The first kappa shape index (κ1) is 13.0. The third-order valence-corrected chi connectivity index (χ3v) is 1.98. The number of halogens is 3. The summed E-state index contributed by atoms with van der Waals surface area (Å²) >= 11 is 0. The highest BCUT2D eigenvalue weighted by atomic mass is 19.3. The van der Waals surface area contributed by atoms with Gasteiger partial charge in [-0.2, -0.15) is 9.65 Å². The van der Waals surface area contributed by atoms with Crippen molar-refractivity contribution in [2.24, 2.45) is 0 Å². The number of aromatic nitrogens is 1. The van der Waals surface area contributed by atoms with Crippen molar-refractivity contribution in [2.45, 2.75) is 12.8 Å². The molecule has 0 fully saturated rings. The van der Waals surface area contributed by atoms with Crippen molar-refractivity contribution < 1.29 is 22.7 Å². The van der Waals surface area contributed by atoms with E-state index in [9.17, 15) is 18.0 Å². The second-order valence-electron chi connectivity index (χ2n) is 3.04. The first-order chi connectivity index (χ1) is 7.99. The highest BCUT2D eigenvalue weighted by Gasteiger charge is 2.19. The monoisotopic (exact) mass is 244 g/mol. The third kappa shape index (κ3) is 2.93. The summed E-state index contributed by atoms with van der Waals surface area (Å²) in [5.74, 6) is -1.91. The van der Waals surface area contributed by atoms with E-state index < -0.39 is 36.0 Å². The molecule has 0 aliphatic carbocycles. The van der Waals surface area contributed by atoms with Gasteiger partial charge in [0.15, 0.2) is 5.69 Å². The molecule has 0 saturated heterocycles. The molecule has 0 aromatic carbocycles. The minimum atomic E-state index is -2.96. The van der Waals surface area contributed by atoms with Crippen LogP contribution in [0.2, 0.25) is 0 Å². The molecule has 0 saturated carbocycles. The van der Waals surface area contributed by atoms with Crippen molar-refractivity contribution in [1.82, 2.24) is 4.98 Å². The Kier molecular flexibility index (Phi) is 4.04. The molecule has 17 heavy (non-hydrogen) atoms. The number of hydrogen-bond donors (Lipinski definition) is 0. The van der Waals surface area contributed by atoms with Gasteiger partial charge < -0.3 is 4.74 Å². The maximum Gasteiger partial charge on any atom is 0.310 e. The highest BCUT2D eigenvalue weighted by molar-refractivity contribution is 5.72. The Morgan fingerprint density at radius 3 is 2.76 bits per heavy atom. The summed E-state index contributed by atoms with van der Waals surface area (Å²) in [6, 6.07) is 2.12. The van der Waals surface area contributed by atoms with Gasteiger partial charge in [-0.1, -0.05) is 0 Å². The Morgan fingerprint density at radius 1 is 1.65 bits per heavy atom. The fourth-order valence-electron chi connectivity index (χ4n) is 1.16. The fraction of sp³-hybridized carbons (Fsp3) is 0.300. The van der Waals surface area contributed by atoms with Crippen LogP contribution < -0.4 is 0 Å². The number of carbonyl (C=O) groups excluding carboxylic acids is 1. The van der Waals surface area contributed by atoms with Crippen molar-refractivity contribution in [3.05, 3.63) is 28.8 Å². The van der Waals surface area contributed by atoms with Crippen molar-refractivity contribution in [2.75, 3.05) is 7.11 Å². The van der Waals surface area contributed by atoms with Gasteiger partial charge in [0.25, 0.3) is 6.43 Å². The van der Waals surface area contributed by atoms with Crippen molar-refractivity contribution in [3.8, 4) is 6.07 Å². The first-order valence-electron chi connectivity index (χ1n) is 4.44. The Balaban J connectivity index is 3.21. The number of ether oxygens (including phenoxy) is 1. The van der Waals surface area contributed by atoms with Gasteiger partial charge in [-0.15, -0.1) is 0 Å². The van der Waals surface area contributed by atoms with Crippen LogP contribution in [0.25, 0.3) is 0 Å². The molecule has 0 unspecified atom stereocenters. The Hall–Kier alpha value is -2.10. The van der Waals surface area contributed by atoms with Crippen molar-refractivity contribution in [1.29, 1.82) is 5.26 Å². The van der Waals surface area contributed by atoms with E-state index in [1.165, 1.54) is 6.07 Å². The lowest BCUT2D eigenvalue weighted by Gasteiger charge is -2.06. The predicted molar refractivity (Wildman–Crippen MR) is 49.6 cm³/mol. The maximum absolute atomic E-state index is 13.3. The number of esters is 1. The number of methoxy groups -OCH3 is 1. The molecule has 0 radical (unpaired) electrons. The summed E-state index contributed by atoms with van der Waals surface area (Å²) in [4.78, 5) is 14.0. The quantitative estimate of drug-likeness (QED) is 0.600. The largest absolute Gasteiger partial charge is 0.469 e. The molecule has 0 aliphatic rings. The Morgan fingerprint density at radius 2 is 2.29 bits per heavy atom. The van der Waals surface area contributed by atoms with Gasteiger partial charge in [-0.25, -0.2) is 13.8 Å². The maximum atomic E-state index is 13.3. The third-order valence-electron chi connectivity index (χ3n) is 1.98. The van der Waals surface area contributed by atoms with Crippen molar-refractivity contribution in [3.63, 3.8) is 0 Å². The standard InChI is InChI=1S/C10H7F3N2O2/c1-17-8(16)3-5-2-6(9(11)12)7(4-14)15-10(5)13/h2,9H,3H2,1H3. The normalized spacial score (nSPS) is 10.1. The molecule has 1 rings (SSSR count). The van der Waals surface area contributed by atoms with Crippen LogP contribution >= 0.6 is 0 Å². The molecule has 1 aromatic heterocycles. The van der Waals surface area contributed by atoms with E-state index >= 15 is 0 Å². The number of carbonyl (C=O) groups is 1. The Labute approximate surface area is 94.6 Å². The summed E-state index contributed by atoms with van der Waals surface area (Å²) in [5.41, 5.74) is -1.72. The van der Waals surface area contributed by atoms with Crippen LogP contribution in [0.1, 0.15) is 23.2 Å². The summed E-state index contributed by atoms with van der Waals surface area (Å²) in [7, 11) is 1.09. The number of nitrogens with zero attached hydrogens (tertiary/aromatic N) is 2. The minimum Gasteiger partial charge on any atom is -0.469 e. The zero-order valence-corrected chi connectivity index (χ0v) is 8.71. The number of pyridine rings is 1. The molecule has 0 N–H and O–H groups in total. The molecule has 0 bridgehead atoms. The molecular weight excluding hydrogens is 237 g/mol. The van der Waals surface area contributed by atoms with Gasteiger partial charge in [0.05, 0.1) is 19.1 Å². The van der Waals surface area contributed by atoms with E-state index in [1.807, 2.05) is 0 Å². The van der Waals surface area contributed by atoms with E-state index in [2.05, 4.69) is 9.72 Å². The highest BCUT2D eigenvalue weighted by Crippen LogP contribution is 2.23. The SMILES string of the molecule is COC(=O)Cc1cc(C(F)F)c(C#N)nc1F. The second-order valence-corrected chi connectivity index (χ2v) is 3.04. The summed E-state index contributed by atoms with van der Waals surface area (Å²) < 4.78 is 42.6. The molecule has 90 valence electrons. The smallest absolute Gasteiger partial charge is 0.310 e. The lowest BCUT2D eigenvalue weighted by Crippen LogP contribution is -2.09. The van der Waals surface area contributed by atoms with Gasteiger partial charge in [0.2, 0.25) is 5.95 Å². The molecule has 0 aliphatic heterocycles. The predicted octanol–water partition coefficient (Wildman–Crippen LogP) is 1.75. The lowest BCUT2D eigenvalue weighted by molar-refractivity contribution is -0.139. The average molecular weight is 244 g/mol. The minimum absolute atomic E-state index is 0.328. The van der Waals surface area contributed by atoms with E-state index in [4.69, 9.17) is 5.26 Å². The first-order valence-corrected chi connectivity index (χ1v) is 4.44. The second kappa shape index (κ2) is 5.30. The Bertz CT molecular complexity index is 483. The van der Waals surface area contributed by atoms with E-state index in [1.54, 1.807) is 0 Å². The van der Waals surface area contributed by atoms with Crippen LogP contribution in [0.4, 0.5) is 13.2 Å². The van der Waals surface area contributed by atoms with Crippen LogP contribution in [0.3, 0.4) is 0 Å². The zero-order chi connectivity index (χ0) is 13.0. The topological polar surface area (TPSA) is 63.0 Å². The molecule has 4 nitrogen and oxygen atoms in total. The van der Waals surface area contributed by atoms with Gasteiger partial charge in [0.1, 0.15) is 6.07 Å². The van der Waals surface area contributed by atoms with Crippen LogP contribution in [-0.4, -0.2) is 18.1 Å². The molecule has 1 heterocycles. The van der Waals surface area contributed by atoms with Crippen LogP contribution in [0.15, 0.2) is 6.07 Å². The fourth-order valence-corrected chi connectivity index (χ4v) is 1.16. The van der Waals surface area contributed by atoms with Crippen LogP contribution in [0.5, 0.6) is 0 Å². The lowest BCUT2D eigenvalue weighted by atomic mass is 10.1. The zero-order valence-electron chi connectivity index (χ0n) is 8.71. The average Bonchev–Trinajstić information content (AvgIpc) is 2.30. The van der Waals surface area contributed by atoms with Crippen molar-refractivity contribution >= 4 is 5.97 Å². The van der Waals surface area contributed by atoms with E-state index in [-0.39, 0.29) is 5.56 Å². The summed E-state index contributed by atoms with van der Waals surface area (Å²) in [6.45, 7) is 0. The molecular formula is C10H7F3N2O2. The van der Waals surface area contributed by atoms with Gasteiger partial charge >= 0.3 is 5.97 Å². The molecule has 7 heteroatoms. The number of hydrogen-bond acceptors (Lipinski definition) is 4. The van der Waals surface area contributed by atoms with Crippen LogP contribution in [-0.2, 0) is 16.0 Å². The molecule has 0 amide bonds. The summed E-state index contributed by atoms with van der Waals surface area (Å²) in [5, 5.41) is 8.51. The number of rotatable bonds is 3. The van der Waals surface area contributed by atoms with Gasteiger partial charge in [-0.3, -0.25) is 4.79 Å².